The molecule has 0 aromatic heterocycles. The van der Waals surface area contributed by atoms with E-state index in [1.807, 2.05) is 6.07 Å². The van der Waals surface area contributed by atoms with Crippen LogP contribution in [-0.4, -0.2) is 12.5 Å². The molecule has 1 aliphatic carbocycles. The standard InChI is InChI=1S/C18H17NO/c20-17-18(11-16(18)12-19-17)10-13-6-8-15(9-7-13)14-4-2-1-3-5-14/h1-9,16H,10-12H2,(H,19,20). The molecule has 1 N–H and O–H groups in total. The Morgan fingerprint density at radius 1 is 1.00 bits per heavy atom. The quantitative estimate of drug-likeness (QED) is 0.906. The van der Waals surface area contributed by atoms with Crippen LogP contribution in [-0.2, 0) is 11.2 Å². The van der Waals surface area contributed by atoms with Gasteiger partial charge in [0.15, 0.2) is 0 Å². The maximum atomic E-state index is 11.9. The number of piperidine rings is 1. The fraction of sp³-hybridized carbons (Fsp3) is 0.278. The summed E-state index contributed by atoms with van der Waals surface area (Å²) in [5, 5.41) is 2.98. The summed E-state index contributed by atoms with van der Waals surface area (Å²) in [7, 11) is 0. The fourth-order valence-electron chi connectivity index (χ4n) is 3.43. The van der Waals surface area contributed by atoms with Crippen molar-refractivity contribution in [2.75, 3.05) is 6.54 Å². The summed E-state index contributed by atoms with van der Waals surface area (Å²) >= 11 is 0. The first-order chi connectivity index (χ1) is 9.78. The highest BCUT2D eigenvalue weighted by Gasteiger charge is 2.63. The number of hydrogen-bond acceptors (Lipinski definition) is 1. The van der Waals surface area contributed by atoms with Crippen molar-refractivity contribution < 1.29 is 4.79 Å². The van der Waals surface area contributed by atoms with Crippen molar-refractivity contribution in [1.29, 1.82) is 0 Å². The number of carbonyl (C=O) groups is 1. The van der Waals surface area contributed by atoms with Crippen LogP contribution in [0.2, 0.25) is 0 Å². The molecule has 2 heteroatoms. The van der Waals surface area contributed by atoms with Crippen molar-refractivity contribution in [3.63, 3.8) is 0 Å². The van der Waals surface area contributed by atoms with Crippen LogP contribution in [0.3, 0.4) is 0 Å². The second kappa shape index (κ2) is 4.20. The first-order valence-electron chi connectivity index (χ1n) is 7.21. The lowest BCUT2D eigenvalue weighted by Crippen LogP contribution is -2.26. The minimum atomic E-state index is -0.0751. The van der Waals surface area contributed by atoms with Gasteiger partial charge in [-0.1, -0.05) is 54.6 Å². The molecule has 1 saturated carbocycles. The van der Waals surface area contributed by atoms with Crippen molar-refractivity contribution in [2.45, 2.75) is 12.8 Å². The maximum Gasteiger partial charge on any atom is 0.226 e. The second-order valence-electron chi connectivity index (χ2n) is 6.01. The molecule has 0 radical (unpaired) electrons. The Balaban J connectivity index is 1.55. The molecule has 20 heavy (non-hydrogen) atoms. The molecule has 0 bridgehead atoms. The Morgan fingerprint density at radius 2 is 1.70 bits per heavy atom. The Kier molecular flexibility index (Phi) is 2.46. The van der Waals surface area contributed by atoms with E-state index in [2.05, 4.69) is 53.8 Å². The summed E-state index contributed by atoms with van der Waals surface area (Å²) < 4.78 is 0. The molecule has 1 amide bonds. The highest BCUT2D eigenvalue weighted by atomic mass is 16.2. The van der Waals surface area contributed by atoms with Gasteiger partial charge in [-0.25, -0.2) is 0 Å². The first kappa shape index (κ1) is 11.7. The average molecular weight is 263 g/mol. The zero-order valence-corrected chi connectivity index (χ0v) is 11.3. The Bertz CT molecular complexity index is 647. The van der Waals surface area contributed by atoms with Crippen LogP contribution in [0.4, 0.5) is 0 Å². The topological polar surface area (TPSA) is 29.1 Å². The molecule has 2 aromatic rings. The molecule has 2 atom stereocenters. The minimum Gasteiger partial charge on any atom is -0.355 e. The van der Waals surface area contributed by atoms with Gasteiger partial charge in [-0.05, 0) is 35.4 Å². The van der Waals surface area contributed by atoms with Crippen LogP contribution >= 0.6 is 0 Å². The lowest BCUT2D eigenvalue weighted by atomic mass is 9.93. The molecular formula is C18H17NO. The number of rotatable bonds is 3. The number of hydrogen-bond donors (Lipinski definition) is 1. The lowest BCUT2D eigenvalue weighted by Gasteiger charge is -2.11. The molecular weight excluding hydrogens is 246 g/mol. The van der Waals surface area contributed by atoms with Gasteiger partial charge in [0, 0.05) is 6.54 Å². The Hall–Kier alpha value is -2.09. The summed E-state index contributed by atoms with van der Waals surface area (Å²) in [6.07, 6.45) is 1.96. The van der Waals surface area contributed by atoms with E-state index in [4.69, 9.17) is 0 Å². The van der Waals surface area contributed by atoms with E-state index in [-0.39, 0.29) is 11.3 Å². The van der Waals surface area contributed by atoms with Crippen molar-refractivity contribution in [1.82, 2.24) is 5.32 Å². The summed E-state index contributed by atoms with van der Waals surface area (Å²) in [4.78, 5) is 11.9. The summed E-state index contributed by atoms with van der Waals surface area (Å²) in [5.41, 5.74) is 3.66. The zero-order chi connectivity index (χ0) is 13.6. The van der Waals surface area contributed by atoms with Crippen LogP contribution in [0.5, 0.6) is 0 Å². The molecule has 2 nitrogen and oxygen atoms in total. The Labute approximate surface area is 118 Å². The highest BCUT2D eigenvalue weighted by Crippen LogP contribution is 2.57. The van der Waals surface area contributed by atoms with Crippen LogP contribution in [0.15, 0.2) is 54.6 Å². The number of carbonyl (C=O) groups excluding carboxylic acids is 1. The van der Waals surface area contributed by atoms with Crippen LogP contribution in [0.25, 0.3) is 11.1 Å². The van der Waals surface area contributed by atoms with E-state index in [1.54, 1.807) is 0 Å². The zero-order valence-electron chi connectivity index (χ0n) is 11.3. The highest BCUT2D eigenvalue weighted by molar-refractivity contribution is 5.89. The van der Waals surface area contributed by atoms with Gasteiger partial charge in [-0.15, -0.1) is 0 Å². The van der Waals surface area contributed by atoms with E-state index >= 15 is 0 Å². The maximum absolute atomic E-state index is 11.9. The van der Waals surface area contributed by atoms with Gasteiger partial charge in [0.2, 0.25) is 5.91 Å². The molecule has 1 saturated heterocycles. The number of fused-ring (bicyclic) bond motifs is 1. The van der Waals surface area contributed by atoms with E-state index in [0.29, 0.717) is 5.92 Å². The third-order valence-electron chi connectivity index (χ3n) is 4.77. The number of amides is 1. The van der Waals surface area contributed by atoms with Crippen molar-refractivity contribution in [3.05, 3.63) is 60.2 Å². The third-order valence-corrected chi connectivity index (χ3v) is 4.77. The smallest absolute Gasteiger partial charge is 0.226 e. The normalized spacial score (nSPS) is 27.0. The van der Waals surface area contributed by atoms with Crippen LogP contribution in [0.1, 0.15) is 12.0 Å². The second-order valence-corrected chi connectivity index (χ2v) is 6.01. The van der Waals surface area contributed by atoms with Gasteiger partial charge in [0.1, 0.15) is 0 Å². The lowest BCUT2D eigenvalue weighted by molar-refractivity contribution is -0.124. The number of nitrogens with one attached hydrogen (secondary N) is 1. The molecule has 100 valence electrons. The number of benzene rings is 2. The third kappa shape index (κ3) is 1.75. The molecule has 1 heterocycles. The fourth-order valence-corrected chi connectivity index (χ4v) is 3.43. The van der Waals surface area contributed by atoms with E-state index in [1.165, 1.54) is 16.7 Å². The molecule has 2 aromatic carbocycles. The molecule has 1 aliphatic heterocycles. The molecule has 2 unspecified atom stereocenters. The monoisotopic (exact) mass is 263 g/mol. The summed E-state index contributed by atoms with van der Waals surface area (Å²) in [6.45, 7) is 0.876. The summed E-state index contributed by atoms with van der Waals surface area (Å²) in [5.74, 6) is 0.832. The van der Waals surface area contributed by atoms with Gasteiger partial charge in [0.25, 0.3) is 0 Å². The van der Waals surface area contributed by atoms with Crippen molar-refractivity contribution in [2.24, 2.45) is 11.3 Å². The summed E-state index contributed by atoms with van der Waals surface area (Å²) in [6, 6.07) is 19.0. The molecule has 4 rings (SSSR count). The largest absolute Gasteiger partial charge is 0.355 e. The van der Waals surface area contributed by atoms with E-state index < -0.39 is 0 Å². The van der Waals surface area contributed by atoms with Gasteiger partial charge in [-0.2, -0.15) is 0 Å². The van der Waals surface area contributed by atoms with Gasteiger partial charge >= 0.3 is 0 Å². The van der Waals surface area contributed by atoms with Crippen LogP contribution < -0.4 is 5.32 Å². The van der Waals surface area contributed by atoms with Gasteiger partial charge < -0.3 is 5.32 Å². The predicted molar refractivity (Wildman–Crippen MR) is 79.1 cm³/mol. The van der Waals surface area contributed by atoms with E-state index in [9.17, 15) is 4.79 Å². The van der Waals surface area contributed by atoms with Gasteiger partial charge in [0.05, 0.1) is 5.41 Å². The molecule has 2 fully saturated rings. The van der Waals surface area contributed by atoms with Crippen molar-refractivity contribution in [3.8, 4) is 11.1 Å². The van der Waals surface area contributed by atoms with E-state index in [0.717, 1.165) is 19.4 Å². The predicted octanol–water partition coefficient (Wildman–Crippen LogP) is 3.03. The molecule has 2 aliphatic rings. The first-order valence-corrected chi connectivity index (χ1v) is 7.21. The average Bonchev–Trinajstić information content (AvgIpc) is 3.13. The molecule has 0 spiro atoms. The minimum absolute atomic E-state index is 0.0751. The SMILES string of the molecule is O=C1NCC2CC12Cc1ccc(-c2ccccc2)cc1. The van der Waals surface area contributed by atoms with Crippen molar-refractivity contribution >= 4 is 5.91 Å². The Morgan fingerprint density at radius 3 is 2.30 bits per heavy atom. The van der Waals surface area contributed by atoms with Gasteiger partial charge in [-0.3, -0.25) is 4.79 Å². The van der Waals surface area contributed by atoms with Crippen LogP contribution in [0, 0.1) is 11.3 Å².